The zero-order valence-electron chi connectivity index (χ0n) is 14.1. The molecule has 0 saturated carbocycles. The highest BCUT2D eigenvalue weighted by atomic mass is 19.2. The van der Waals surface area contributed by atoms with Gasteiger partial charge in [-0.25, -0.2) is 36.3 Å². The minimum Gasteiger partial charge on any atom is -0.373 e. The second-order valence-electron chi connectivity index (χ2n) is 5.99. The summed E-state index contributed by atoms with van der Waals surface area (Å²) in [4.78, 5) is 8.90. The molecule has 0 saturated heterocycles. The zero-order valence-corrected chi connectivity index (χ0v) is 14.1. The van der Waals surface area contributed by atoms with Gasteiger partial charge in [-0.3, -0.25) is 0 Å². The average molecular weight is 374 g/mol. The summed E-state index contributed by atoms with van der Waals surface area (Å²) in [5, 5.41) is 0. The van der Waals surface area contributed by atoms with Crippen LogP contribution >= 0.6 is 0 Å². The molecule has 3 aromatic rings. The minimum absolute atomic E-state index is 0.769. The van der Waals surface area contributed by atoms with Gasteiger partial charge in [0.2, 0.25) is 0 Å². The van der Waals surface area contributed by atoms with Crippen LogP contribution in [0, 0.1) is 34.9 Å². The van der Waals surface area contributed by atoms with Crippen LogP contribution in [0.15, 0.2) is 0 Å². The van der Waals surface area contributed by atoms with Crippen molar-refractivity contribution < 1.29 is 26.3 Å². The van der Waals surface area contributed by atoms with Gasteiger partial charge in [-0.1, -0.05) is 0 Å². The van der Waals surface area contributed by atoms with E-state index in [1.54, 1.807) is 0 Å². The third kappa shape index (κ3) is 2.31. The number of hydrogen-bond acceptors (Lipinski definition) is 4. The molecule has 0 aliphatic heterocycles. The van der Waals surface area contributed by atoms with Crippen molar-refractivity contribution in [1.29, 1.82) is 0 Å². The SMILES string of the molecule is CN(C)c1c(F)c(F)c2nc3c(F)c(N(C)C)c(F)c(F)c3nc2c1F. The molecular formula is C16H12F6N4. The first-order valence-corrected chi connectivity index (χ1v) is 7.26. The number of rotatable bonds is 2. The minimum atomic E-state index is -1.57. The Morgan fingerprint density at radius 3 is 1.00 bits per heavy atom. The van der Waals surface area contributed by atoms with Gasteiger partial charge in [0.1, 0.15) is 33.4 Å². The van der Waals surface area contributed by atoms with Gasteiger partial charge in [-0.05, 0) is 0 Å². The molecular weight excluding hydrogens is 362 g/mol. The first-order chi connectivity index (χ1) is 12.1. The van der Waals surface area contributed by atoms with Gasteiger partial charge >= 0.3 is 0 Å². The maximum Gasteiger partial charge on any atom is 0.189 e. The molecule has 0 aliphatic carbocycles. The summed E-state index contributed by atoms with van der Waals surface area (Å²) in [6, 6.07) is 0. The monoisotopic (exact) mass is 374 g/mol. The Kier molecular flexibility index (Phi) is 4.08. The molecule has 0 radical (unpaired) electrons. The predicted octanol–water partition coefficient (Wildman–Crippen LogP) is 3.75. The Morgan fingerprint density at radius 1 is 0.462 bits per heavy atom. The number of aromatic nitrogens is 2. The van der Waals surface area contributed by atoms with Crippen LogP contribution in [0.25, 0.3) is 22.1 Å². The van der Waals surface area contributed by atoms with E-state index >= 15 is 0 Å². The van der Waals surface area contributed by atoms with Crippen molar-refractivity contribution in [1.82, 2.24) is 9.97 Å². The van der Waals surface area contributed by atoms with Crippen LogP contribution in [0.3, 0.4) is 0 Å². The number of fused-ring (bicyclic) bond motifs is 2. The third-order valence-corrected chi connectivity index (χ3v) is 3.84. The quantitative estimate of drug-likeness (QED) is 0.389. The van der Waals surface area contributed by atoms with Crippen molar-refractivity contribution in [2.45, 2.75) is 0 Å². The number of hydrogen-bond donors (Lipinski definition) is 0. The summed E-state index contributed by atoms with van der Waals surface area (Å²) >= 11 is 0. The molecule has 0 N–H and O–H groups in total. The highest BCUT2D eigenvalue weighted by Gasteiger charge is 2.28. The Hall–Kier alpha value is -2.78. The zero-order chi connectivity index (χ0) is 19.5. The molecule has 0 bridgehead atoms. The topological polar surface area (TPSA) is 32.3 Å². The van der Waals surface area contributed by atoms with E-state index in [0.29, 0.717) is 0 Å². The lowest BCUT2D eigenvalue weighted by atomic mass is 10.1. The van der Waals surface area contributed by atoms with E-state index in [-0.39, 0.29) is 0 Å². The maximum absolute atomic E-state index is 14.6. The standard InChI is InChI=1S/C16H12F6N4/c1-25(2)15-7(19)5(17)11-13(9(15)21)23-12-6(18)8(20)16(26(3)4)10(22)14(12)24-11/h1-4H3. The molecule has 138 valence electrons. The first-order valence-electron chi connectivity index (χ1n) is 7.26. The van der Waals surface area contributed by atoms with Gasteiger partial charge in [0.05, 0.1) is 0 Å². The molecule has 0 amide bonds. The van der Waals surface area contributed by atoms with Crippen LogP contribution < -0.4 is 9.80 Å². The number of nitrogens with zero attached hydrogens (tertiary/aromatic N) is 4. The van der Waals surface area contributed by atoms with Gasteiger partial charge in [-0.2, -0.15) is 0 Å². The Morgan fingerprint density at radius 2 is 0.731 bits per heavy atom. The lowest BCUT2D eigenvalue weighted by Crippen LogP contribution is -2.17. The van der Waals surface area contributed by atoms with Gasteiger partial charge in [-0.15, -0.1) is 0 Å². The second kappa shape index (κ2) is 5.89. The van der Waals surface area contributed by atoms with Gasteiger partial charge in [0, 0.05) is 28.2 Å². The first kappa shape index (κ1) is 18.0. The van der Waals surface area contributed by atoms with E-state index in [1.807, 2.05) is 0 Å². The fraction of sp³-hybridized carbons (Fsp3) is 0.250. The Bertz CT molecular complexity index is 979. The molecule has 0 aliphatic rings. The molecule has 1 aromatic heterocycles. The summed E-state index contributed by atoms with van der Waals surface area (Å²) < 4.78 is 86.0. The number of halogens is 6. The van der Waals surface area contributed by atoms with Gasteiger partial charge in [0.25, 0.3) is 0 Å². The van der Waals surface area contributed by atoms with Crippen LogP contribution in [0.2, 0.25) is 0 Å². The molecule has 0 fully saturated rings. The van der Waals surface area contributed by atoms with Crippen molar-refractivity contribution >= 4 is 33.4 Å². The second-order valence-corrected chi connectivity index (χ2v) is 5.99. The maximum atomic E-state index is 14.6. The predicted molar refractivity (Wildman–Crippen MR) is 85.4 cm³/mol. The van der Waals surface area contributed by atoms with Crippen LogP contribution in [0.5, 0.6) is 0 Å². The van der Waals surface area contributed by atoms with E-state index in [0.717, 1.165) is 9.80 Å². The highest BCUT2D eigenvalue weighted by Crippen LogP contribution is 2.35. The lowest BCUT2D eigenvalue weighted by molar-refractivity contribution is 0.499. The van der Waals surface area contributed by atoms with Crippen molar-refractivity contribution in [3.8, 4) is 0 Å². The molecule has 3 rings (SSSR count). The highest BCUT2D eigenvalue weighted by molar-refractivity contribution is 5.91. The summed E-state index contributed by atoms with van der Waals surface area (Å²) in [6.45, 7) is 0. The van der Waals surface area contributed by atoms with Crippen molar-refractivity contribution in [2.24, 2.45) is 0 Å². The van der Waals surface area contributed by atoms with E-state index in [4.69, 9.17) is 0 Å². The molecule has 4 nitrogen and oxygen atoms in total. The lowest BCUT2D eigenvalue weighted by Gasteiger charge is -2.18. The van der Waals surface area contributed by atoms with Crippen LogP contribution in [0.1, 0.15) is 0 Å². The summed E-state index contributed by atoms with van der Waals surface area (Å²) in [7, 11) is 5.02. The number of benzene rings is 2. The molecule has 0 atom stereocenters. The Labute approximate surface area is 143 Å². The van der Waals surface area contributed by atoms with Crippen LogP contribution in [-0.4, -0.2) is 38.2 Å². The fourth-order valence-corrected chi connectivity index (χ4v) is 2.67. The van der Waals surface area contributed by atoms with Crippen LogP contribution in [-0.2, 0) is 0 Å². The van der Waals surface area contributed by atoms with Crippen molar-refractivity contribution in [3.63, 3.8) is 0 Å². The van der Waals surface area contributed by atoms with Crippen LogP contribution in [0.4, 0.5) is 37.7 Å². The smallest absolute Gasteiger partial charge is 0.189 e. The summed E-state index contributed by atoms with van der Waals surface area (Å²) in [5.74, 6) is -8.90. The normalized spacial score (nSPS) is 11.5. The van der Waals surface area contributed by atoms with E-state index < -0.39 is 68.3 Å². The van der Waals surface area contributed by atoms with E-state index in [2.05, 4.69) is 9.97 Å². The Balaban J connectivity index is 2.57. The largest absolute Gasteiger partial charge is 0.373 e. The van der Waals surface area contributed by atoms with Crippen molar-refractivity contribution in [3.05, 3.63) is 34.9 Å². The fourth-order valence-electron chi connectivity index (χ4n) is 2.67. The van der Waals surface area contributed by atoms with E-state index in [1.165, 1.54) is 28.2 Å². The molecule has 0 unspecified atom stereocenters. The summed E-state index contributed by atoms with van der Waals surface area (Å²) in [5.41, 5.74) is -5.06. The van der Waals surface area contributed by atoms with Crippen molar-refractivity contribution in [2.75, 3.05) is 38.0 Å². The molecule has 10 heteroatoms. The number of anilines is 2. The summed E-state index contributed by atoms with van der Waals surface area (Å²) in [6.07, 6.45) is 0. The average Bonchev–Trinajstić information content (AvgIpc) is 2.56. The third-order valence-electron chi connectivity index (χ3n) is 3.84. The van der Waals surface area contributed by atoms with Gasteiger partial charge in [0.15, 0.2) is 34.9 Å². The molecule has 26 heavy (non-hydrogen) atoms. The molecule has 0 spiro atoms. The molecule has 2 aromatic carbocycles. The molecule has 1 heterocycles. The van der Waals surface area contributed by atoms with E-state index in [9.17, 15) is 26.3 Å². The van der Waals surface area contributed by atoms with Gasteiger partial charge < -0.3 is 9.80 Å².